The standard InChI is InChI=1S/C25H27N7O/c1-2-4-17(5-3-1)20-15-26-16-21(20)24-31-30-23-14-18(7-11-32(23)24)22-6-10-27-25(29-22)28-19-8-12-33-13-9-19/h1-7,10-11,14,19-21,26H,8-9,12-13,15-16H2,(H,27,28,29)/t20?,21-/m0/s1. The highest BCUT2D eigenvalue weighted by molar-refractivity contribution is 5.64. The molecule has 8 heteroatoms. The maximum atomic E-state index is 5.44. The van der Waals surface area contributed by atoms with Gasteiger partial charge in [-0.05, 0) is 36.6 Å². The van der Waals surface area contributed by atoms with E-state index in [0.29, 0.717) is 17.9 Å². The number of aromatic nitrogens is 5. The number of nitrogens with one attached hydrogen (secondary N) is 2. The SMILES string of the molecule is c1ccc(C2CNC[C@@H]2c2nnc3cc(-c4ccnc(NC5CCOCC5)n4)ccn23)cc1. The van der Waals surface area contributed by atoms with Gasteiger partial charge in [-0.1, -0.05) is 30.3 Å². The fraction of sp³-hybridized carbons (Fsp3) is 0.360. The average Bonchev–Trinajstić information content (AvgIpc) is 3.52. The third kappa shape index (κ3) is 4.07. The Kier molecular flexibility index (Phi) is 5.45. The molecule has 1 unspecified atom stereocenters. The lowest BCUT2D eigenvalue weighted by atomic mass is 9.88. The van der Waals surface area contributed by atoms with Gasteiger partial charge in [0.2, 0.25) is 5.95 Å². The molecule has 0 aliphatic carbocycles. The molecule has 33 heavy (non-hydrogen) atoms. The number of fused-ring (bicyclic) bond motifs is 1. The number of pyridine rings is 1. The first-order valence-corrected chi connectivity index (χ1v) is 11.6. The van der Waals surface area contributed by atoms with Crippen molar-refractivity contribution in [3.8, 4) is 11.3 Å². The molecule has 3 aromatic heterocycles. The number of rotatable bonds is 5. The zero-order valence-corrected chi connectivity index (χ0v) is 18.4. The highest BCUT2D eigenvalue weighted by Crippen LogP contribution is 2.35. The first-order chi connectivity index (χ1) is 16.3. The number of benzene rings is 1. The van der Waals surface area contributed by atoms with Crippen molar-refractivity contribution in [2.24, 2.45) is 0 Å². The second kappa shape index (κ2) is 8.88. The van der Waals surface area contributed by atoms with Crippen LogP contribution in [0.2, 0.25) is 0 Å². The lowest BCUT2D eigenvalue weighted by Crippen LogP contribution is -2.28. The van der Waals surface area contributed by atoms with Gasteiger partial charge in [0.15, 0.2) is 5.65 Å². The van der Waals surface area contributed by atoms with Crippen molar-refractivity contribution in [1.29, 1.82) is 0 Å². The van der Waals surface area contributed by atoms with Gasteiger partial charge in [0.25, 0.3) is 0 Å². The Labute approximate surface area is 192 Å². The number of hydrogen-bond acceptors (Lipinski definition) is 7. The van der Waals surface area contributed by atoms with Gasteiger partial charge in [-0.15, -0.1) is 10.2 Å². The van der Waals surface area contributed by atoms with Crippen LogP contribution in [0.15, 0.2) is 60.9 Å². The van der Waals surface area contributed by atoms with Crippen molar-refractivity contribution in [1.82, 2.24) is 29.9 Å². The Bertz CT molecular complexity index is 1240. The van der Waals surface area contributed by atoms with E-state index in [4.69, 9.17) is 9.72 Å². The van der Waals surface area contributed by atoms with Crippen LogP contribution in [0.1, 0.15) is 36.1 Å². The summed E-state index contributed by atoms with van der Waals surface area (Å²) in [7, 11) is 0. The Morgan fingerprint density at radius 2 is 1.82 bits per heavy atom. The van der Waals surface area contributed by atoms with Crippen molar-refractivity contribution in [3.63, 3.8) is 0 Å². The van der Waals surface area contributed by atoms with Crippen molar-refractivity contribution in [3.05, 3.63) is 72.3 Å². The molecule has 8 nitrogen and oxygen atoms in total. The van der Waals surface area contributed by atoms with Crippen LogP contribution in [0, 0.1) is 0 Å². The molecule has 2 N–H and O–H groups in total. The summed E-state index contributed by atoms with van der Waals surface area (Å²) in [5.41, 5.74) is 4.05. The van der Waals surface area contributed by atoms with E-state index in [-0.39, 0.29) is 5.92 Å². The third-order valence-corrected chi connectivity index (χ3v) is 6.72. The van der Waals surface area contributed by atoms with Crippen molar-refractivity contribution >= 4 is 11.6 Å². The third-order valence-electron chi connectivity index (χ3n) is 6.72. The molecule has 2 atom stereocenters. The maximum absolute atomic E-state index is 5.44. The molecule has 6 rings (SSSR count). The molecular weight excluding hydrogens is 414 g/mol. The molecule has 0 radical (unpaired) electrons. The zero-order valence-electron chi connectivity index (χ0n) is 18.4. The molecule has 2 aliphatic heterocycles. The summed E-state index contributed by atoms with van der Waals surface area (Å²) >= 11 is 0. The first kappa shape index (κ1) is 20.3. The van der Waals surface area contributed by atoms with E-state index in [0.717, 1.165) is 61.9 Å². The van der Waals surface area contributed by atoms with Crippen LogP contribution in [0.4, 0.5) is 5.95 Å². The summed E-state index contributed by atoms with van der Waals surface area (Å²) < 4.78 is 7.55. The summed E-state index contributed by atoms with van der Waals surface area (Å²) in [6.45, 7) is 3.41. The van der Waals surface area contributed by atoms with Gasteiger partial charge in [-0.3, -0.25) is 4.40 Å². The van der Waals surface area contributed by atoms with Gasteiger partial charge in [0.1, 0.15) is 5.82 Å². The monoisotopic (exact) mass is 441 g/mol. The molecule has 0 amide bonds. The smallest absolute Gasteiger partial charge is 0.223 e. The van der Waals surface area contributed by atoms with Crippen molar-refractivity contribution in [2.75, 3.05) is 31.6 Å². The lowest BCUT2D eigenvalue weighted by molar-refractivity contribution is 0.0903. The second-order valence-corrected chi connectivity index (χ2v) is 8.78. The molecule has 168 valence electrons. The normalized spacial score (nSPS) is 21.5. The van der Waals surface area contributed by atoms with Gasteiger partial charge in [0, 0.05) is 62.1 Å². The van der Waals surface area contributed by atoms with E-state index in [1.807, 2.05) is 6.07 Å². The summed E-state index contributed by atoms with van der Waals surface area (Å²) in [6.07, 6.45) is 5.82. The van der Waals surface area contributed by atoms with Crippen LogP contribution in [0.5, 0.6) is 0 Å². The quantitative estimate of drug-likeness (QED) is 0.491. The molecule has 4 aromatic rings. The summed E-state index contributed by atoms with van der Waals surface area (Å²) in [4.78, 5) is 9.16. The number of anilines is 1. The number of hydrogen-bond donors (Lipinski definition) is 2. The molecule has 2 saturated heterocycles. The minimum atomic E-state index is 0.280. The molecular formula is C25H27N7O. The molecule has 0 saturated carbocycles. The Hall–Kier alpha value is -3.36. The second-order valence-electron chi connectivity index (χ2n) is 8.78. The number of nitrogens with zero attached hydrogens (tertiary/aromatic N) is 5. The summed E-state index contributed by atoms with van der Waals surface area (Å²) in [5, 5.41) is 16.1. The van der Waals surface area contributed by atoms with Crippen molar-refractivity contribution in [2.45, 2.75) is 30.7 Å². The summed E-state index contributed by atoms with van der Waals surface area (Å²) in [6, 6.07) is 17.1. The van der Waals surface area contributed by atoms with Gasteiger partial charge in [0.05, 0.1) is 5.69 Å². The first-order valence-electron chi connectivity index (χ1n) is 11.6. The van der Waals surface area contributed by atoms with E-state index in [1.54, 1.807) is 6.20 Å². The van der Waals surface area contributed by atoms with Crippen LogP contribution in [-0.4, -0.2) is 56.9 Å². The molecule has 1 aromatic carbocycles. The summed E-state index contributed by atoms with van der Waals surface area (Å²) in [5.74, 6) is 2.32. The fourth-order valence-electron chi connectivity index (χ4n) is 4.94. The molecule has 2 fully saturated rings. The lowest BCUT2D eigenvalue weighted by Gasteiger charge is -2.23. The number of ether oxygens (including phenoxy) is 1. The van der Waals surface area contributed by atoms with Crippen molar-refractivity contribution < 1.29 is 4.74 Å². The molecule has 2 aliphatic rings. The Morgan fingerprint density at radius 1 is 0.970 bits per heavy atom. The molecule has 5 heterocycles. The van der Waals surface area contributed by atoms with E-state index in [1.165, 1.54) is 5.56 Å². The van der Waals surface area contributed by atoms with Crippen LogP contribution in [0.3, 0.4) is 0 Å². The largest absolute Gasteiger partial charge is 0.381 e. The maximum Gasteiger partial charge on any atom is 0.223 e. The van der Waals surface area contributed by atoms with Crippen LogP contribution >= 0.6 is 0 Å². The topological polar surface area (TPSA) is 89.3 Å². The molecule has 0 spiro atoms. The van der Waals surface area contributed by atoms with Crippen LogP contribution < -0.4 is 10.6 Å². The highest BCUT2D eigenvalue weighted by atomic mass is 16.5. The van der Waals surface area contributed by atoms with E-state index >= 15 is 0 Å². The minimum Gasteiger partial charge on any atom is -0.381 e. The average molecular weight is 442 g/mol. The van der Waals surface area contributed by atoms with Gasteiger partial charge < -0.3 is 15.4 Å². The minimum absolute atomic E-state index is 0.280. The van der Waals surface area contributed by atoms with Crippen LogP contribution in [0.25, 0.3) is 16.9 Å². The fourth-order valence-corrected chi connectivity index (χ4v) is 4.94. The van der Waals surface area contributed by atoms with Gasteiger partial charge in [-0.2, -0.15) is 0 Å². The van der Waals surface area contributed by atoms with Gasteiger partial charge >= 0.3 is 0 Å². The highest BCUT2D eigenvalue weighted by Gasteiger charge is 2.33. The Morgan fingerprint density at radius 3 is 2.70 bits per heavy atom. The van der Waals surface area contributed by atoms with E-state index in [9.17, 15) is 0 Å². The van der Waals surface area contributed by atoms with E-state index in [2.05, 4.69) is 78.9 Å². The van der Waals surface area contributed by atoms with Gasteiger partial charge in [-0.25, -0.2) is 9.97 Å². The zero-order chi connectivity index (χ0) is 22.0. The Balaban J connectivity index is 1.27. The predicted molar refractivity (Wildman–Crippen MR) is 126 cm³/mol. The molecule has 0 bridgehead atoms. The van der Waals surface area contributed by atoms with Crippen LogP contribution in [-0.2, 0) is 4.74 Å². The predicted octanol–water partition coefficient (Wildman–Crippen LogP) is 3.25. The van der Waals surface area contributed by atoms with E-state index < -0.39 is 0 Å².